The number of nitriles is 1. The topological polar surface area (TPSA) is 44.1 Å². The van der Waals surface area contributed by atoms with Crippen molar-refractivity contribution in [3.8, 4) is 6.07 Å². The van der Waals surface area contributed by atoms with Gasteiger partial charge >= 0.3 is 0 Å². The molecular formula is C16H20N2O. The lowest BCUT2D eigenvalue weighted by Gasteiger charge is -2.41. The van der Waals surface area contributed by atoms with E-state index in [2.05, 4.69) is 13.0 Å². The van der Waals surface area contributed by atoms with Gasteiger partial charge in [0.25, 0.3) is 0 Å². The molecule has 0 aromatic heterocycles. The summed E-state index contributed by atoms with van der Waals surface area (Å²) >= 11 is 0. The van der Waals surface area contributed by atoms with Crippen LogP contribution < -0.4 is 0 Å². The number of likely N-dealkylation sites (tertiary alicyclic amines) is 1. The number of carbonyl (C=O) groups excluding carboxylic acids is 1. The highest BCUT2D eigenvalue weighted by Crippen LogP contribution is 2.37. The van der Waals surface area contributed by atoms with Crippen LogP contribution in [-0.2, 0) is 4.79 Å². The van der Waals surface area contributed by atoms with Crippen LogP contribution in [0.15, 0.2) is 30.3 Å². The van der Waals surface area contributed by atoms with Crippen LogP contribution in [0.4, 0.5) is 0 Å². The SMILES string of the molecule is C[C@H](c1ccccc1)N1CCCC(C)(CC#N)C1=O. The molecule has 0 bridgehead atoms. The highest BCUT2D eigenvalue weighted by Gasteiger charge is 2.41. The molecule has 1 aromatic carbocycles. The number of carbonyl (C=O) groups is 1. The molecule has 1 fully saturated rings. The van der Waals surface area contributed by atoms with Crippen LogP contribution in [0.25, 0.3) is 0 Å². The maximum absolute atomic E-state index is 12.6. The summed E-state index contributed by atoms with van der Waals surface area (Å²) in [6, 6.07) is 12.3. The number of amides is 1. The highest BCUT2D eigenvalue weighted by molar-refractivity contribution is 5.83. The van der Waals surface area contributed by atoms with Gasteiger partial charge in [0.05, 0.1) is 17.5 Å². The standard InChI is InChI=1S/C16H20N2O/c1-13(14-7-4-3-5-8-14)18-12-6-9-16(2,10-11-17)15(18)19/h3-5,7-8,13H,6,9-10,12H2,1-2H3/t13-,16?/m1/s1. The van der Waals surface area contributed by atoms with Crippen LogP contribution in [0, 0.1) is 16.7 Å². The number of hydrogen-bond donors (Lipinski definition) is 0. The van der Waals surface area contributed by atoms with E-state index in [-0.39, 0.29) is 11.9 Å². The monoisotopic (exact) mass is 256 g/mol. The zero-order valence-corrected chi connectivity index (χ0v) is 11.6. The summed E-state index contributed by atoms with van der Waals surface area (Å²) in [6.45, 7) is 4.77. The molecule has 1 unspecified atom stereocenters. The molecule has 0 saturated carbocycles. The minimum atomic E-state index is -0.504. The van der Waals surface area contributed by atoms with Crippen molar-refractivity contribution in [2.45, 2.75) is 39.2 Å². The summed E-state index contributed by atoms with van der Waals surface area (Å²) in [7, 11) is 0. The quantitative estimate of drug-likeness (QED) is 0.833. The normalized spacial score (nSPS) is 24.9. The minimum Gasteiger partial charge on any atom is -0.335 e. The van der Waals surface area contributed by atoms with E-state index in [1.165, 1.54) is 0 Å². The first-order valence-electron chi connectivity index (χ1n) is 6.81. The van der Waals surface area contributed by atoms with Crippen molar-refractivity contribution in [1.29, 1.82) is 5.26 Å². The fraction of sp³-hybridized carbons (Fsp3) is 0.500. The molecule has 1 amide bonds. The average Bonchev–Trinajstić information content (AvgIpc) is 2.43. The summed E-state index contributed by atoms with van der Waals surface area (Å²) in [5, 5.41) is 8.92. The summed E-state index contributed by atoms with van der Waals surface area (Å²) in [4.78, 5) is 14.6. The fourth-order valence-corrected chi connectivity index (χ4v) is 2.81. The molecule has 100 valence electrons. The Labute approximate surface area is 114 Å². The molecule has 1 aliphatic heterocycles. The molecule has 0 N–H and O–H groups in total. The Morgan fingerprint density at radius 2 is 2.11 bits per heavy atom. The van der Waals surface area contributed by atoms with Gasteiger partial charge < -0.3 is 4.90 Å². The van der Waals surface area contributed by atoms with Gasteiger partial charge in [-0.2, -0.15) is 5.26 Å². The first-order valence-corrected chi connectivity index (χ1v) is 6.81. The van der Waals surface area contributed by atoms with E-state index >= 15 is 0 Å². The van der Waals surface area contributed by atoms with Crippen LogP contribution >= 0.6 is 0 Å². The smallest absolute Gasteiger partial charge is 0.230 e. The van der Waals surface area contributed by atoms with E-state index in [1.54, 1.807) is 0 Å². The lowest BCUT2D eigenvalue weighted by Crippen LogP contribution is -2.48. The van der Waals surface area contributed by atoms with Crippen molar-refractivity contribution in [2.75, 3.05) is 6.54 Å². The van der Waals surface area contributed by atoms with Crippen molar-refractivity contribution in [3.05, 3.63) is 35.9 Å². The van der Waals surface area contributed by atoms with Gasteiger partial charge in [0.15, 0.2) is 0 Å². The summed E-state index contributed by atoms with van der Waals surface area (Å²) in [5.74, 6) is 0.122. The second-order valence-corrected chi connectivity index (χ2v) is 5.58. The molecule has 1 heterocycles. The van der Waals surface area contributed by atoms with E-state index in [0.717, 1.165) is 24.9 Å². The predicted octanol–water partition coefficient (Wildman–Crippen LogP) is 3.29. The van der Waals surface area contributed by atoms with Gasteiger partial charge in [-0.3, -0.25) is 4.79 Å². The summed E-state index contributed by atoms with van der Waals surface area (Å²) < 4.78 is 0. The molecule has 3 nitrogen and oxygen atoms in total. The molecule has 2 atom stereocenters. The van der Waals surface area contributed by atoms with Crippen molar-refractivity contribution < 1.29 is 4.79 Å². The molecule has 0 aliphatic carbocycles. The molecule has 1 aromatic rings. The van der Waals surface area contributed by atoms with Gasteiger partial charge in [-0.15, -0.1) is 0 Å². The third-order valence-electron chi connectivity index (χ3n) is 4.12. The Balaban J connectivity index is 2.21. The van der Waals surface area contributed by atoms with Gasteiger partial charge in [0, 0.05) is 13.0 Å². The maximum Gasteiger partial charge on any atom is 0.230 e. The Morgan fingerprint density at radius 3 is 2.74 bits per heavy atom. The van der Waals surface area contributed by atoms with Crippen molar-refractivity contribution in [3.63, 3.8) is 0 Å². The van der Waals surface area contributed by atoms with Gasteiger partial charge in [-0.05, 0) is 32.3 Å². The van der Waals surface area contributed by atoms with Crippen LogP contribution in [0.1, 0.15) is 44.7 Å². The second-order valence-electron chi connectivity index (χ2n) is 5.58. The van der Waals surface area contributed by atoms with E-state index in [0.29, 0.717) is 6.42 Å². The highest BCUT2D eigenvalue weighted by atomic mass is 16.2. The molecular weight excluding hydrogens is 236 g/mol. The number of rotatable bonds is 3. The Kier molecular flexibility index (Phi) is 3.90. The molecule has 1 saturated heterocycles. The van der Waals surface area contributed by atoms with Crippen LogP contribution in [-0.4, -0.2) is 17.4 Å². The van der Waals surface area contributed by atoms with Gasteiger partial charge in [-0.1, -0.05) is 30.3 Å². The minimum absolute atomic E-state index is 0.0759. The largest absolute Gasteiger partial charge is 0.335 e. The van der Waals surface area contributed by atoms with Gasteiger partial charge in [0.1, 0.15) is 0 Å². The number of benzene rings is 1. The van der Waals surface area contributed by atoms with Gasteiger partial charge in [-0.25, -0.2) is 0 Å². The third-order valence-corrected chi connectivity index (χ3v) is 4.12. The number of piperidine rings is 1. The average molecular weight is 256 g/mol. The summed E-state index contributed by atoms with van der Waals surface area (Å²) in [5.41, 5.74) is 0.646. The van der Waals surface area contributed by atoms with E-state index in [1.807, 2.05) is 42.2 Å². The first kappa shape index (κ1) is 13.6. The predicted molar refractivity (Wildman–Crippen MR) is 74.1 cm³/mol. The maximum atomic E-state index is 12.6. The summed E-state index contributed by atoms with van der Waals surface area (Å²) in [6.07, 6.45) is 2.10. The van der Waals surface area contributed by atoms with Crippen molar-refractivity contribution >= 4 is 5.91 Å². The zero-order valence-electron chi connectivity index (χ0n) is 11.6. The van der Waals surface area contributed by atoms with Crippen LogP contribution in [0.3, 0.4) is 0 Å². The Hall–Kier alpha value is -1.82. The van der Waals surface area contributed by atoms with Crippen LogP contribution in [0.2, 0.25) is 0 Å². The molecule has 0 radical (unpaired) electrons. The zero-order chi connectivity index (χ0) is 13.9. The van der Waals surface area contributed by atoms with E-state index in [9.17, 15) is 4.79 Å². The first-order chi connectivity index (χ1) is 9.08. The van der Waals surface area contributed by atoms with Crippen molar-refractivity contribution in [2.24, 2.45) is 5.41 Å². The molecule has 19 heavy (non-hydrogen) atoms. The van der Waals surface area contributed by atoms with Gasteiger partial charge in [0.2, 0.25) is 5.91 Å². The van der Waals surface area contributed by atoms with E-state index in [4.69, 9.17) is 5.26 Å². The number of hydrogen-bond acceptors (Lipinski definition) is 2. The van der Waals surface area contributed by atoms with Crippen LogP contribution in [0.5, 0.6) is 0 Å². The molecule has 0 spiro atoms. The number of nitrogens with zero attached hydrogens (tertiary/aromatic N) is 2. The van der Waals surface area contributed by atoms with E-state index < -0.39 is 5.41 Å². The van der Waals surface area contributed by atoms with Crippen molar-refractivity contribution in [1.82, 2.24) is 4.90 Å². The molecule has 1 aliphatic rings. The second kappa shape index (κ2) is 5.44. The fourth-order valence-electron chi connectivity index (χ4n) is 2.81. The lowest BCUT2D eigenvalue weighted by atomic mass is 9.78. The molecule has 2 rings (SSSR count). The Bertz CT molecular complexity index is 491. The lowest BCUT2D eigenvalue weighted by molar-refractivity contribution is -0.147. The Morgan fingerprint density at radius 1 is 1.42 bits per heavy atom. The third kappa shape index (κ3) is 2.63. The molecule has 3 heteroatoms.